The first-order valence-corrected chi connectivity index (χ1v) is 14.5. The van der Waals surface area contributed by atoms with Crippen LogP contribution in [0.4, 0.5) is 0 Å². The summed E-state index contributed by atoms with van der Waals surface area (Å²) >= 11 is 0. The Bertz CT molecular complexity index is 2150. The Morgan fingerprint density at radius 3 is 1.86 bits per heavy atom. The molecule has 0 saturated heterocycles. The van der Waals surface area contributed by atoms with Crippen LogP contribution < -0.4 is 0 Å². The van der Waals surface area contributed by atoms with Gasteiger partial charge in [0.2, 0.25) is 0 Å². The first-order valence-electron chi connectivity index (χ1n) is 14.5. The molecule has 1 aliphatic rings. The van der Waals surface area contributed by atoms with Gasteiger partial charge in [0.1, 0.15) is 11.8 Å². The maximum Gasteiger partial charge on any atom is 0.141 e. The van der Waals surface area contributed by atoms with Gasteiger partial charge in [-0.05, 0) is 90.7 Å². The molecule has 200 valence electrons. The van der Waals surface area contributed by atoms with Gasteiger partial charge in [0.15, 0.2) is 0 Å². The smallest absolute Gasteiger partial charge is 0.141 e. The van der Waals surface area contributed by atoms with Crippen LogP contribution in [0.15, 0.2) is 158 Å². The van der Waals surface area contributed by atoms with E-state index in [4.69, 9.17) is 0 Å². The Hall–Kier alpha value is -5.78. The van der Waals surface area contributed by atoms with E-state index in [-0.39, 0.29) is 0 Å². The zero-order valence-corrected chi connectivity index (χ0v) is 23.4. The van der Waals surface area contributed by atoms with Crippen LogP contribution in [0.5, 0.6) is 0 Å². The molecule has 0 atom stereocenters. The van der Waals surface area contributed by atoms with E-state index in [9.17, 15) is 5.26 Å². The highest BCUT2D eigenvalue weighted by molar-refractivity contribution is 6.10. The molecule has 0 saturated carbocycles. The Balaban J connectivity index is 1.48. The second kappa shape index (κ2) is 9.94. The molecule has 2 heteroatoms. The Morgan fingerprint density at radius 2 is 1.12 bits per heavy atom. The van der Waals surface area contributed by atoms with Crippen molar-refractivity contribution >= 4 is 10.8 Å². The van der Waals surface area contributed by atoms with Gasteiger partial charge < -0.3 is 0 Å². The van der Waals surface area contributed by atoms with Crippen molar-refractivity contribution in [3.8, 4) is 39.4 Å². The molecule has 0 bridgehead atoms. The molecule has 7 aromatic rings. The summed E-state index contributed by atoms with van der Waals surface area (Å²) in [5, 5.41) is 11.9. The molecule has 0 aliphatic heterocycles. The standard InChI is InChI=1S/C41H26N2/c42-27-33-25-29(22-23-43-33)28-12-11-13-30(24-28)37-26-39-40(35-19-8-7-18-34(35)37)36-20-9-10-21-38(36)41(39,31-14-3-1-4-15-31)32-16-5-2-6-17-32/h1-26H. The molecule has 0 amide bonds. The number of pyridine rings is 1. The van der Waals surface area contributed by atoms with Gasteiger partial charge in [0, 0.05) is 6.20 Å². The number of benzene rings is 6. The van der Waals surface area contributed by atoms with E-state index in [1.165, 1.54) is 49.7 Å². The fourth-order valence-electron chi connectivity index (χ4n) is 7.08. The van der Waals surface area contributed by atoms with Gasteiger partial charge in [0.25, 0.3) is 0 Å². The third-order valence-corrected chi connectivity index (χ3v) is 8.84. The summed E-state index contributed by atoms with van der Waals surface area (Å²) in [5.41, 5.74) is 12.0. The molecule has 0 unspecified atom stereocenters. The van der Waals surface area contributed by atoms with Crippen molar-refractivity contribution in [1.82, 2.24) is 4.98 Å². The molecule has 8 rings (SSSR count). The van der Waals surface area contributed by atoms with Crippen molar-refractivity contribution in [2.24, 2.45) is 0 Å². The summed E-state index contributed by atoms with van der Waals surface area (Å²) < 4.78 is 0. The monoisotopic (exact) mass is 546 g/mol. The number of nitriles is 1. The number of fused-ring (bicyclic) bond motifs is 5. The molecular weight excluding hydrogens is 520 g/mol. The van der Waals surface area contributed by atoms with E-state index in [1.54, 1.807) is 6.20 Å². The van der Waals surface area contributed by atoms with Crippen LogP contribution in [0.2, 0.25) is 0 Å². The van der Waals surface area contributed by atoms with Crippen molar-refractivity contribution in [3.05, 3.63) is 186 Å². The highest BCUT2D eigenvalue weighted by atomic mass is 14.7. The Labute approximate surface area is 251 Å². The number of rotatable bonds is 4. The molecule has 1 aliphatic carbocycles. The third-order valence-electron chi connectivity index (χ3n) is 8.84. The molecule has 0 N–H and O–H groups in total. The SMILES string of the molecule is N#Cc1cc(-c2cccc(-c3cc4c(c5ccccc35)-c3ccccc3C4(c3ccccc3)c3ccccc3)c2)ccn1. The van der Waals surface area contributed by atoms with Crippen molar-refractivity contribution < 1.29 is 0 Å². The van der Waals surface area contributed by atoms with Crippen LogP contribution in [0.3, 0.4) is 0 Å². The summed E-state index contributed by atoms with van der Waals surface area (Å²) in [6.45, 7) is 0. The lowest BCUT2D eigenvalue weighted by Crippen LogP contribution is -2.28. The maximum atomic E-state index is 9.45. The molecule has 43 heavy (non-hydrogen) atoms. The fraction of sp³-hybridized carbons (Fsp3) is 0.0244. The molecule has 2 nitrogen and oxygen atoms in total. The van der Waals surface area contributed by atoms with E-state index < -0.39 is 5.41 Å². The van der Waals surface area contributed by atoms with Crippen LogP contribution in [0, 0.1) is 11.3 Å². The molecular formula is C41H26N2. The van der Waals surface area contributed by atoms with E-state index in [2.05, 4.69) is 151 Å². The number of hydrogen-bond acceptors (Lipinski definition) is 2. The number of aromatic nitrogens is 1. The van der Waals surface area contributed by atoms with Crippen molar-refractivity contribution in [1.29, 1.82) is 5.26 Å². The van der Waals surface area contributed by atoms with Crippen LogP contribution in [0.25, 0.3) is 44.2 Å². The molecule has 6 aromatic carbocycles. The van der Waals surface area contributed by atoms with Gasteiger partial charge >= 0.3 is 0 Å². The summed E-state index contributed by atoms with van der Waals surface area (Å²) in [6, 6.07) is 56.6. The highest BCUT2D eigenvalue weighted by Gasteiger charge is 2.46. The lowest BCUT2D eigenvalue weighted by molar-refractivity contribution is 0.769. The van der Waals surface area contributed by atoms with E-state index in [0.717, 1.165) is 16.7 Å². The summed E-state index contributed by atoms with van der Waals surface area (Å²) in [4.78, 5) is 4.18. The second-order valence-corrected chi connectivity index (χ2v) is 11.0. The van der Waals surface area contributed by atoms with Gasteiger partial charge in [-0.1, -0.05) is 127 Å². The number of hydrogen-bond donors (Lipinski definition) is 0. The predicted molar refractivity (Wildman–Crippen MR) is 175 cm³/mol. The topological polar surface area (TPSA) is 36.7 Å². The highest BCUT2D eigenvalue weighted by Crippen LogP contribution is 2.58. The van der Waals surface area contributed by atoms with E-state index in [1.807, 2.05) is 12.1 Å². The van der Waals surface area contributed by atoms with Crippen molar-refractivity contribution in [2.45, 2.75) is 5.41 Å². The first kappa shape index (κ1) is 25.0. The zero-order chi connectivity index (χ0) is 28.8. The van der Waals surface area contributed by atoms with Gasteiger partial charge in [-0.25, -0.2) is 4.98 Å². The molecule has 0 fully saturated rings. The van der Waals surface area contributed by atoms with Crippen LogP contribution in [-0.4, -0.2) is 4.98 Å². The first-order chi connectivity index (χ1) is 21.3. The molecule has 0 spiro atoms. The third kappa shape index (κ3) is 3.76. The van der Waals surface area contributed by atoms with Gasteiger partial charge in [-0.15, -0.1) is 0 Å². The van der Waals surface area contributed by atoms with Crippen LogP contribution >= 0.6 is 0 Å². The Morgan fingerprint density at radius 1 is 0.488 bits per heavy atom. The molecule has 1 aromatic heterocycles. The summed E-state index contributed by atoms with van der Waals surface area (Å²) in [7, 11) is 0. The minimum atomic E-state index is -0.475. The molecule has 1 heterocycles. The fourth-order valence-corrected chi connectivity index (χ4v) is 7.08. The summed E-state index contributed by atoms with van der Waals surface area (Å²) in [6.07, 6.45) is 1.71. The van der Waals surface area contributed by atoms with Crippen molar-refractivity contribution in [2.75, 3.05) is 0 Å². The van der Waals surface area contributed by atoms with Gasteiger partial charge in [0.05, 0.1) is 5.41 Å². The Kier molecular flexibility index (Phi) is 5.77. The largest absolute Gasteiger partial charge is 0.246 e. The van der Waals surface area contributed by atoms with Crippen LogP contribution in [-0.2, 0) is 5.41 Å². The quantitative estimate of drug-likeness (QED) is 0.220. The lowest BCUT2D eigenvalue weighted by Gasteiger charge is -2.34. The van der Waals surface area contributed by atoms with E-state index in [0.29, 0.717) is 5.69 Å². The normalized spacial score (nSPS) is 12.8. The zero-order valence-electron chi connectivity index (χ0n) is 23.4. The number of nitrogens with zero attached hydrogens (tertiary/aromatic N) is 2. The predicted octanol–water partition coefficient (Wildman–Crippen LogP) is 9.80. The van der Waals surface area contributed by atoms with E-state index >= 15 is 0 Å². The summed E-state index contributed by atoms with van der Waals surface area (Å²) in [5.74, 6) is 0. The minimum absolute atomic E-state index is 0.416. The second-order valence-electron chi connectivity index (χ2n) is 11.0. The maximum absolute atomic E-state index is 9.45. The lowest BCUT2D eigenvalue weighted by atomic mass is 9.67. The van der Waals surface area contributed by atoms with Crippen molar-refractivity contribution in [3.63, 3.8) is 0 Å². The molecule has 0 radical (unpaired) electrons. The average Bonchev–Trinajstić information content (AvgIpc) is 3.40. The van der Waals surface area contributed by atoms with Gasteiger partial charge in [-0.3, -0.25) is 0 Å². The average molecular weight is 547 g/mol. The van der Waals surface area contributed by atoms with Gasteiger partial charge in [-0.2, -0.15) is 5.26 Å². The van der Waals surface area contributed by atoms with Crippen LogP contribution in [0.1, 0.15) is 27.9 Å². The minimum Gasteiger partial charge on any atom is -0.246 e.